The van der Waals surface area contributed by atoms with Gasteiger partial charge in [0.2, 0.25) is 0 Å². The predicted octanol–water partition coefficient (Wildman–Crippen LogP) is 2.80. The number of carbonyl (C=O) groups excluding carboxylic acids is 1. The molecule has 78 valence electrons. The molecule has 16 heavy (non-hydrogen) atoms. The molecule has 0 amide bonds. The molecule has 1 aromatic carbocycles. The summed E-state index contributed by atoms with van der Waals surface area (Å²) in [7, 11) is 0. The number of hydrogen-bond donors (Lipinski definition) is 0. The summed E-state index contributed by atoms with van der Waals surface area (Å²) in [6, 6.07) is 11.8. The lowest BCUT2D eigenvalue weighted by atomic mass is 9.94. The van der Waals surface area contributed by atoms with E-state index >= 15 is 0 Å². The number of ketones is 1. The highest BCUT2D eigenvalue weighted by Crippen LogP contribution is 2.37. The van der Waals surface area contributed by atoms with Crippen LogP contribution in [0.15, 0.2) is 48.8 Å². The van der Waals surface area contributed by atoms with Gasteiger partial charge in [-0.2, -0.15) is 0 Å². The van der Waals surface area contributed by atoms with Crippen LogP contribution in [0, 0.1) is 0 Å². The second kappa shape index (κ2) is 3.56. The standard InChI is InChI=1S/C14H11NO/c16-14-8-13(10-4-3-7-15-9-10)11-5-1-2-6-12(11)14/h1-7,9,13H,8H2. The molecule has 1 aromatic heterocycles. The predicted molar refractivity (Wildman–Crippen MR) is 61.5 cm³/mol. The van der Waals surface area contributed by atoms with Gasteiger partial charge in [0.25, 0.3) is 0 Å². The van der Waals surface area contributed by atoms with E-state index in [0.29, 0.717) is 6.42 Å². The first kappa shape index (κ1) is 9.28. The Hall–Kier alpha value is -1.96. The quantitative estimate of drug-likeness (QED) is 0.722. The molecule has 1 atom stereocenters. The summed E-state index contributed by atoms with van der Waals surface area (Å²) >= 11 is 0. The second-order valence-corrected chi connectivity index (χ2v) is 4.05. The molecule has 0 fully saturated rings. The number of aromatic nitrogens is 1. The van der Waals surface area contributed by atoms with Gasteiger partial charge in [-0.3, -0.25) is 9.78 Å². The summed E-state index contributed by atoms with van der Waals surface area (Å²) in [5.41, 5.74) is 3.14. The van der Waals surface area contributed by atoms with Crippen molar-refractivity contribution in [1.82, 2.24) is 4.98 Å². The number of pyridine rings is 1. The van der Waals surface area contributed by atoms with Gasteiger partial charge < -0.3 is 0 Å². The van der Waals surface area contributed by atoms with E-state index in [4.69, 9.17) is 0 Å². The van der Waals surface area contributed by atoms with Gasteiger partial charge >= 0.3 is 0 Å². The zero-order valence-electron chi connectivity index (χ0n) is 8.76. The Morgan fingerprint density at radius 3 is 2.81 bits per heavy atom. The zero-order chi connectivity index (χ0) is 11.0. The van der Waals surface area contributed by atoms with Crippen LogP contribution >= 0.6 is 0 Å². The molecule has 0 N–H and O–H groups in total. The molecule has 2 heteroatoms. The van der Waals surface area contributed by atoms with Gasteiger partial charge in [-0.05, 0) is 17.2 Å². The highest BCUT2D eigenvalue weighted by atomic mass is 16.1. The Morgan fingerprint density at radius 1 is 1.12 bits per heavy atom. The van der Waals surface area contributed by atoms with Crippen LogP contribution in [0.2, 0.25) is 0 Å². The second-order valence-electron chi connectivity index (χ2n) is 4.05. The summed E-state index contributed by atoms with van der Waals surface area (Å²) < 4.78 is 0. The number of rotatable bonds is 1. The smallest absolute Gasteiger partial charge is 0.164 e. The molecule has 1 heterocycles. The summed E-state index contributed by atoms with van der Waals surface area (Å²) in [5, 5.41) is 0. The van der Waals surface area contributed by atoms with Crippen molar-refractivity contribution in [2.24, 2.45) is 0 Å². The molecule has 0 saturated heterocycles. The maximum Gasteiger partial charge on any atom is 0.164 e. The Balaban J connectivity index is 2.11. The topological polar surface area (TPSA) is 30.0 Å². The van der Waals surface area contributed by atoms with E-state index in [0.717, 1.165) is 16.7 Å². The molecular formula is C14H11NO. The average Bonchev–Trinajstić information content (AvgIpc) is 2.69. The number of nitrogens with zero attached hydrogens (tertiary/aromatic N) is 1. The Morgan fingerprint density at radius 2 is 2.00 bits per heavy atom. The van der Waals surface area contributed by atoms with Crippen molar-refractivity contribution in [3.05, 3.63) is 65.5 Å². The van der Waals surface area contributed by atoms with Gasteiger partial charge in [-0.25, -0.2) is 0 Å². The molecule has 1 unspecified atom stereocenters. The van der Waals surface area contributed by atoms with Crippen LogP contribution in [0.4, 0.5) is 0 Å². The lowest BCUT2D eigenvalue weighted by Gasteiger charge is -2.09. The van der Waals surface area contributed by atoms with Crippen molar-refractivity contribution in [3.63, 3.8) is 0 Å². The Kier molecular flexibility index (Phi) is 2.07. The minimum atomic E-state index is 0.192. The van der Waals surface area contributed by atoms with Crippen LogP contribution in [-0.2, 0) is 0 Å². The number of hydrogen-bond acceptors (Lipinski definition) is 2. The first-order valence-corrected chi connectivity index (χ1v) is 5.38. The lowest BCUT2D eigenvalue weighted by Crippen LogP contribution is -1.96. The van der Waals surface area contributed by atoms with Gasteiger partial charge in [0.05, 0.1) is 0 Å². The van der Waals surface area contributed by atoms with Crippen molar-refractivity contribution in [3.8, 4) is 0 Å². The molecule has 0 spiro atoms. The summed E-state index contributed by atoms with van der Waals surface area (Å²) in [5.74, 6) is 0.432. The van der Waals surface area contributed by atoms with E-state index in [9.17, 15) is 4.79 Å². The highest BCUT2D eigenvalue weighted by Gasteiger charge is 2.29. The molecular weight excluding hydrogens is 198 g/mol. The fourth-order valence-corrected chi connectivity index (χ4v) is 2.34. The number of fused-ring (bicyclic) bond motifs is 1. The minimum absolute atomic E-state index is 0.192. The van der Waals surface area contributed by atoms with Crippen molar-refractivity contribution < 1.29 is 4.79 Å². The van der Waals surface area contributed by atoms with E-state index in [-0.39, 0.29) is 11.7 Å². The average molecular weight is 209 g/mol. The van der Waals surface area contributed by atoms with E-state index in [2.05, 4.69) is 4.98 Å². The molecule has 1 aliphatic rings. The summed E-state index contributed by atoms with van der Waals surface area (Å²) in [6.45, 7) is 0. The molecule has 0 saturated carbocycles. The van der Waals surface area contributed by atoms with E-state index in [1.165, 1.54) is 0 Å². The third kappa shape index (κ3) is 1.34. The van der Waals surface area contributed by atoms with Crippen LogP contribution < -0.4 is 0 Å². The first-order chi connectivity index (χ1) is 7.86. The van der Waals surface area contributed by atoms with Crippen molar-refractivity contribution in [1.29, 1.82) is 0 Å². The van der Waals surface area contributed by atoms with Crippen molar-refractivity contribution in [2.75, 3.05) is 0 Å². The maximum absolute atomic E-state index is 11.8. The molecule has 0 aliphatic heterocycles. The monoisotopic (exact) mass is 209 g/mol. The number of Topliss-reactive ketones (excluding diaryl/α,β-unsaturated/α-hetero) is 1. The normalized spacial score (nSPS) is 18.5. The van der Waals surface area contributed by atoms with E-state index in [1.807, 2.05) is 42.6 Å². The molecule has 0 bridgehead atoms. The van der Waals surface area contributed by atoms with Gasteiger partial charge in [0, 0.05) is 30.3 Å². The van der Waals surface area contributed by atoms with Crippen molar-refractivity contribution in [2.45, 2.75) is 12.3 Å². The Bertz CT molecular complexity index is 533. The minimum Gasteiger partial charge on any atom is -0.294 e. The zero-order valence-corrected chi connectivity index (χ0v) is 8.76. The number of benzene rings is 1. The summed E-state index contributed by atoms with van der Waals surface area (Å²) in [4.78, 5) is 15.9. The SMILES string of the molecule is O=C1CC(c2cccnc2)c2ccccc21. The highest BCUT2D eigenvalue weighted by molar-refractivity contribution is 6.01. The van der Waals surface area contributed by atoms with Crippen LogP contribution in [0.3, 0.4) is 0 Å². The molecule has 2 nitrogen and oxygen atoms in total. The van der Waals surface area contributed by atoms with Crippen LogP contribution in [0.25, 0.3) is 0 Å². The fraction of sp³-hybridized carbons (Fsp3) is 0.143. The lowest BCUT2D eigenvalue weighted by molar-refractivity contribution is 0.0991. The van der Waals surface area contributed by atoms with E-state index < -0.39 is 0 Å². The summed E-state index contributed by atoms with van der Waals surface area (Å²) in [6.07, 6.45) is 4.18. The van der Waals surface area contributed by atoms with Gasteiger partial charge in [-0.1, -0.05) is 30.3 Å². The fourth-order valence-electron chi connectivity index (χ4n) is 2.34. The molecule has 1 aliphatic carbocycles. The first-order valence-electron chi connectivity index (χ1n) is 5.38. The number of carbonyl (C=O) groups is 1. The Labute approximate surface area is 94.0 Å². The van der Waals surface area contributed by atoms with Gasteiger partial charge in [-0.15, -0.1) is 0 Å². The van der Waals surface area contributed by atoms with Crippen molar-refractivity contribution >= 4 is 5.78 Å². The van der Waals surface area contributed by atoms with Crippen LogP contribution in [-0.4, -0.2) is 10.8 Å². The molecule has 0 radical (unpaired) electrons. The van der Waals surface area contributed by atoms with E-state index in [1.54, 1.807) is 6.20 Å². The van der Waals surface area contributed by atoms with Crippen LogP contribution in [0.5, 0.6) is 0 Å². The van der Waals surface area contributed by atoms with Crippen LogP contribution in [0.1, 0.15) is 33.8 Å². The third-order valence-corrected chi connectivity index (χ3v) is 3.11. The molecule has 2 aromatic rings. The van der Waals surface area contributed by atoms with Gasteiger partial charge in [0.15, 0.2) is 5.78 Å². The third-order valence-electron chi connectivity index (χ3n) is 3.11. The van der Waals surface area contributed by atoms with Gasteiger partial charge in [0.1, 0.15) is 0 Å². The maximum atomic E-state index is 11.8. The largest absolute Gasteiger partial charge is 0.294 e. The molecule has 3 rings (SSSR count).